The molecule has 1 saturated carbocycles. The number of nitrogens with one attached hydrogen (secondary N) is 1. The Balaban J connectivity index is 2.04. The quantitative estimate of drug-likeness (QED) is 0.788. The lowest BCUT2D eigenvalue weighted by Crippen LogP contribution is -2.40. The first-order valence-electron chi connectivity index (χ1n) is 8.57. The molecule has 1 fully saturated rings. The van der Waals surface area contributed by atoms with E-state index in [1.165, 1.54) is 19.3 Å². The molecule has 3 heteroatoms. The molecule has 3 rings (SSSR count). The minimum Gasteiger partial charge on any atom is -0.361 e. The molecule has 0 aromatic rings. The van der Waals surface area contributed by atoms with E-state index in [1.54, 1.807) is 0 Å². The molecule has 1 atom stereocenters. The van der Waals surface area contributed by atoms with Crippen molar-refractivity contribution >= 4 is 5.78 Å². The Labute approximate surface area is 133 Å². The molecule has 3 nitrogen and oxygen atoms in total. The molecule has 0 radical (unpaired) electrons. The third kappa shape index (κ3) is 2.60. The van der Waals surface area contributed by atoms with Crippen molar-refractivity contribution in [2.45, 2.75) is 65.7 Å². The second-order valence-corrected chi connectivity index (χ2v) is 7.98. The number of rotatable bonds is 1. The molecule has 0 unspecified atom stereocenters. The number of hydrogen-bond acceptors (Lipinski definition) is 3. The fourth-order valence-corrected chi connectivity index (χ4v) is 4.57. The van der Waals surface area contributed by atoms with Crippen LogP contribution in [0.25, 0.3) is 0 Å². The Morgan fingerprint density at radius 2 is 1.86 bits per heavy atom. The first kappa shape index (κ1) is 15.3. The van der Waals surface area contributed by atoms with Gasteiger partial charge >= 0.3 is 0 Å². The zero-order chi connectivity index (χ0) is 15.9. The van der Waals surface area contributed by atoms with Gasteiger partial charge < -0.3 is 5.32 Å². The van der Waals surface area contributed by atoms with E-state index < -0.39 is 0 Å². The molecule has 1 N–H and O–H groups in total. The van der Waals surface area contributed by atoms with Crippen molar-refractivity contribution in [2.24, 2.45) is 17.3 Å². The van der Waals surface area contributed by atoms with Crippen LogP contribution in [0.15, 0.2) is 22.5 Å². The van der Waals surface area contributed by atoms with Gasteiger partial charge in [0.15, 0.2) is 5.78 Å². The van der Waals surface area contributed by atoms with Gasteiger partial charge in [0.25, 0.3) is 0 Å². The van der Waals surface area contributed by atoms with Gasteiger partial charge in [-0.1, -0.05) is 33.1 Å². The Bertz CT molecular complexity index is 597. The highest BCUT2D eigenvalue weighted by molar-refractivity contribution is 5.99. The number of allylic oxidation sites excluding steroid dienone is 4. The summed E-state index contributed by atoms with van der Waals surface area (Å²) < 4.78 is 0. The molecule has 0 aromatic carbocycles. The molecule has 0 bridgehead atoms. The number of hydrogen-bond donors (Lipinski definition) is 1. The summed E-state index contributed by atoms with van der Waals surface area (Å²) in [7, 11) is 0. The van der Waals surface area contributed by atoms with Crippen molar-refractivity contribution in [3.63, 3.8) is 0 Å². The lowest BCUT2D eigenvalue weighted by atomic mass is 9.65. The average Bonchev–Trinajstić information content (AvgIpc) is 2.45. The van der Waals surface area contributed by atoms with Gasteiger partial charge in [0.2, 0.25) is 0 Å². The van der Waals surface area contributed by atoms with Crippen molar-refractivity contribution in [3.05, 3.63) is 22.5 Å². The third-order valence-electron chi connectivity index (χ3n) is 5.53. The largest absolute Gasteiger partial charge is 0.361 e. The summed E-state index contributed by atoms with van der Waals surface area (Å²) in [5.74, 6) is 0.773. The van der Waals surface area contributed by atoms with E-state index in [9.17, 15) is 10.1 Å². The van der Waals surface area contributed by atoms with Crippen LogP contribution in [-0.2, 0) is 4.79 Å². The predicted molar refractivity (Wildman–Crippen MR) is 86.6 cm³/mol. The van der Waals surface area contributed by atoms with Crippen LogP contribution >= 0.6 is 0 Å². The molecule has 1 aliphatic heterocycles. The fourth-order valence-electron chi connectivity index (χ4n) is 4.57. The monoisotopic (exact) mass is 298 g/mol. The van der Waals surface area contributed by atoms with Crippen LogP contribution in [0.4, 0.5) is 0 Å². The van der Waals surface area contributed by atoms with Crippen molar-refractivity contribution < 1.29 is 4.79 Å². The first-order valence-corrected chi connectivity index (χ1v) is 8.57. The highest BCUT2D eigenvalue weighted by atomic mass is 16.1. The highest BCUT2D eigenvalue weighted by Crippen LogP contribution is 2.47. The SMILES string of the molecule is CC1=C(C#N)[C@@H](C2CCCCC2)C2=C(CC(C)(C)CC2=O)N1. The van der Waals surface area contributed by atoms with E-state index in [1.807, 2.05) is 6.92 Å². The van der Waals surface area contributed by atoms with Crippen LogP contribution in [0.1, 0.15) is 65.7 Å². The van der Waals surface area contributed by atoms with Gasteiger partial charge in [-0.05, 0) is 37.5 Å². The van der Waals surface area contributed by atoms with Crippen LogP contribution in [0.3, 0.4) is 0 Å². The van der Waals surface area contributed by atoms with Crippen molar-refractivity contribution in [3.8, 4) is 6.07 Å². The first-order chi connectivity index (χ1) is 10.4. The molecule has 1 heterocycles. The second kappa shape index (κ2) is 5.57. The minimum atomic E-state index is 0.0183. The summed E-state index contributed by atoms with van der Waals surface area (Å²) in [4.78, 5) is 12.8. The normalized spacial score (nSPS) is 29.0. The van der Waals surface area contributed by atoms with E-state index >= 15 is 0 Å². The molecule has 22 heavy (non-hydrogen) atoms. The Morgan fingerprint density at radius 1 is 1.18 bits per heavy atom. The molecular weight excluding hydrogens is 272 g/mol. The number of carbonyl (C=O) groups is 1. The van der Waals surface area contributed by atoms with E-state index in [2.05, 4.69) is 25.2 Å². The summed E-state index contributed by atoms with van der Waals surface area (Å²) in [6.45, 7) is 6.31. The van der Waals surface area contributed by atoms with Crippen molar-refractivity contribution in [1.82, 2.24) is 5.32 Å². The number of dihydropyridines is 1. The van der Waals surface area contributed by atoms with Gasteiger partial charge in [-0.25, -0.2) is 0 Å². The smallest absolute Gasteiger partial charge is 0.161 e. The lowest BCUT2D eigenvalue weighted by molar-refractivity contribution is -0.118. The number of nitriles is 1. The molecule has 0 aromatic heterocycles. The van der Waals surface area contributed by atoms with Crippen LogP contribution in [0, 0.1) is 28.6 Å². The van der Waals surface area contributed by atoms with Crippen LogP contribution in [-0.4, -0.2) is 5.78 Å². The fraction of sp³-hybridized carbons (Fsp3) is 0.684. The molecule has 0 spiro atoms. The zero-order valence-corrected chi connectivity index (χ0v) is 14.0. The van der Waals surface area contributed by atoms with Gasteiger partial charge in [0.05, 0.1) is 11.6 Å². The van der Waals surface area contributed by atoms with Crippen LogP contribution in [0.5, 0.6) is 0 Å². The average molecular weight is 298 g/mol. The molecule has 2 aliphatic carbocycles. The molecule has 3 aliphatic rings. The third-order valence-corrected chi connectivity index (χ3v) is 5.53. The summed E-state index contributed by atoms with van der Waals surface area (Å²) in [5, 5.41) is 13.1. The summed E-state index contributed by atoms with van der Waals surface area (Å²) in [6.07, 6.45) is 7.57. The molecule has 0 saturated heterocycles. The highest BCUT2D eigenvalue weighted by Gasteiger charge is 2.43. The van der Waals surface area contributed by atoms with Crippen molar-refractivity contribution in [1.29, 1.82) is 5.26 Å². The number of Topliss-reactive ketones (excluding diaryl/α,β-unsaturated/α-hetero) is 1. The number of nitrogens with zero attached hydrogens (tertiary/aromatic N) is 1. The molecular formula is C19H26N2O. The lowest BCUT2D eigenvalue weighted by Gasteiger charge is -2.41. The van der Waals surface area contributed by atoms with E-state index in [4.69, 9.17) is 0 Å². The van der Waals surface area contributed by atoms with E-state index in [0.29, 0.717) is 12.3 Å². The number of ketones is 1. The maximum absolute atomic E-state index is 12.8. The zero-order valence-electron chi connectivity index (χ0n) is 14.0. The second-order valence-electron chi connectivity index (χ2n) is 7.98. The van der Waals surface area contributed by atoms with E-state index in [0.717, 1.165) is 41.8 Å². The van der Waals surface area contributed by atoms with Gasteiger partial charge in [0, 0.05) is 29.3 Å². The number of carbonyl (C=O) groups excluding carboxylic acids is 1. The summed E-state index contributed by atoms with van der Waals surface area (Å²) >= 11 is 0. The van der Waals surface area contributed by atoms with Gasteiger partial charge in [0.1, 0.15) is 0 Å². The van der Waals surface area contributed by atoms with Crippen LogP contribution < -0.4 is 5.32 Å². The Kier molecular flexibility index (Phi) is 3.89. The topological polar surface area (TPSA) is 52.9 Å². The molecule has 0 amide bonds. The maximum Gasteiger partial charge on any atom is 0.161 e. The summed E-state index contributed by atoms with van der Waals surface area (Å²) in [6, 6.07) is 2.41. The van der Waals surface area contributed by atoms with Gasteiger partial charge in [-0.2, -0.15) is 5.26 Å². The van der Waals surface area contributed by atoms with Gasteiger partial charge in [-0.3, -0.25) is 4.79 Å². The minimum absolute atomic E-state index is 0.0183. The summed E-state index contributed by atoms with van der Waals surface area (Å²) in [5.41, 5.74) is 3.81. The molecule has 118 valence electrons. The predicted octanol–water partition coefficient (Wildman–Crippen LogP) is 4.23. The Hall–Kier alpha value is -1.56. The van der Waals surface area contributed by atoms with Crippen molar-refractivity contribution in [2.75, 3.05) is 0 Å². The van der Waals surface area contributed by atoms with Gasteiger partial charge in [-0.15, -0.1) is 0 Å². The van der Waals surface area contributed by atoms with E-state index in [-0.39, 0.29) is 17.1 Å². The van der Waals surface area contributed by atoms with Crippen LogP contribution in [0.2, 0.25) is 0 Å². The Morgan fingerprint density at radius 3 is 2.50 bits per heavy atom. The standard InChI is InChI=1S/C19H26N2O/c1-12-14(11-20)17(13-7-5-4-6-8-13)18-15(21-12)9-19(2,3)10-16(18)22/h13,17,21H,4-10H2,1-3H3/t17-/m1/s1. The maximum atomic E-state index is 12.8.